The minimum absolute atomic E-state index is 0.218. The monoisotopic (exact) mass is 468 g/mol. The average Bonchev–Trinajstić information content (AvgIpc) is 3.25. The van der Waals surface area contributed by atoms with Gasteiger partial charge in [-0.3, -0.25) is 9.20 Å². The number of fused-ring (bicyclic) bond motifs is 3. The van der Waals surface area contributed by atoms with E-state index < -0.39 is 11.4 Å². The van der Waals surface area contributed by atoms with E-state index in [1.165, 1.54) is 18.5 Å². The molecule has 2 aliphatic rings. The van der Waals surface area contributed by atoms with Crippen LogP contribution < -0.4 is 5.56 Å². The minimum atomic E-state index is -0.548. The van der Waals surface area contributed by atoms with Crippen molar-refractivity contribution in [2.75, 3.05) is 26.7 Å². The van der Waals surface area contributed by atoms with Gasteiger partial charge in [0.25, 0.3) is 11.4 Å². The highest BCUT2D eigenvalue weighted by atomic mass is 19.1. The summed E-state index contributed by atoms with van der Waals surface area (Å²) in [5.41, 5.74) is 0.914. The molecule has 34 heavy (non-hydrogen) atoms. The molecule has 4 heterocycles. The van der Waals surface area contributed by atoms with Crippen LogP contribution in [-0.2, 0) is 16.9 Å². The van der Waals surface area contributed by atoms with Crippen LogP contribution >= 0.6 is 0 Å². The minimum Gasteiger partial charge on any atom is -0.393 e. The molecule has 0 atom stereocenters. The molecule has 1 aromatic carbocycles. The van der Waals surface area contributed by atoms with Gasteiger partial charge in [0.1, 0.15) is 29.0 Å². The van der Waals surface area contributed by atoms with Gasteiger partial charge in [0.15, 0.2) is 0 Å². The van der Waals surface area contributed by atoms with E-state index in [1.807, 2.05) is 0 Å². The number of halogens is 1. The molecule has 178 valence electrons. The largest absolute Gasteiger partial charge is 0.393 e. The van der Waals surface area contributed by atoms with Crippen molar-refractivity contribution in [3.63, 3.8) is 0 Å². The normalized spacial score (nSPS) is 18.8. The molecule has 0 bridgehead atoms. The van der Waals surface area contributed by atoms with Crippen molar-refractivity contribution in [2.24, 2.45) is 0 Å². The molecule has 10 nitrogen and oxygen atoms in total. The third-order valence-electron chi connectivity index (χ3n) is 7.02. The van der Waals surface area contributed by atoms with Crippen molar-refractivity contribution in [3.05, 3.63) is 46.6 Å². The molecule has 0 radical (unpaired) electrons. The van der Waals surface area contributed by atoms with Crippen LogP contribution in [0, 0.1) is 5.82 Å². The van der Waals surface area contributed by atoms with Crippen molar-refractivity contribution in [1.82, 2.24) is 29.0 Å². The van der Waals surface area contributed by atoms with Gasteiger partial charge < -0.3 is 23.8 Å². The number of imidazole rings is 1. The van der Waals surface area contributed by atoms with Crippen LogP contribution in [-0.4, -0.2) is 66.9 Å². The first-order valence-corrected chi connectivity index (χ1v) is 11.5. The number of rotatable bonds is 6. The molecule has 3 aromatic heterocycles. The predicted molar refractivity (Wildman–Crippen MR) is 120 cm³/mol. The summed E-state index contributed by atoms with van der Waals surface area (Å²) in [5, 5.41) is 13.8. The van der Waals surface area contributed by atoms with Gasteiger partial charge in [-0.15, -0.1) is 0 Å². The summed E-state index contributed by atoms with van der Waals surface area (Å²) < 4.78 is 28.4. The number of likely N-dealkylation sites (tertiary alicyclic amines) is 1. The number of hydrogen-bond donors (Lipinski definition) is 1. The fraction of sp³-hybridized carbons (Fsp3) is 0.478. The van der Waals surface area contributed by atoms with Gasteiger partial charge in [-0.1, -0.05) is 5.16 Å². The molecule has 0 unspecified atom stereocenters. The standard InChI is InChI=1S/C23H25FN6O4/c1-33-23(6-7-23)22-26-20(27-34-22)18-19-21(32)29(11-10-28-8-4-15(31)5-9-28)17-12-14(24)2-3-16(17)30(19)13-25-18/h2-3,12-13,15,31H,4-11H2,1H3. The number of aliphatic hydroxyl groups excluding tert-OH is 1. The quantitative estimate of drug-likeness (QED) is 0.457. The number of nitrogens with zero attached hydrogens (tertiary/aromatic N) is 6. The van der Waals surface area contributed by atoms with Crippen molar-refractivity contribution >= 4 is 16.6 Å². The second-order valence-electron chi connectivity index (χ2n) is 9.10. The number of benzene rings is 1. The van der Waals surface area contributed by atoms with E-state index in [9.17, 15) is 14.3 Å². The van der Waals surface area contributed by atoms with E-state index in [2.05, 4.69) is 20.0 Å². The molecule has 1 saturated carbocycles. The van der Waals surface area contributed by atoms with Gasteiger partial charge in [-0.05, 0) is 43.9 Å². The summed E-state index contributed by atoms with van der Waals surface area (Å²) in [6, 6.07) is 4.38. The Labute approximate surface area is 193 Å². The van der Waals surface area contributed by atoms with Gasteiger partial charge in [0.2, 0.25) is 5.82 Å². The topological polar surface area (TPSA) is 111 Å². The second kappa shape index (κ2) is 7.97. The van der Waals surface area contributed by atoms with E-state index in [0.29, 0.717) is 54.1 Å². The lowest BCUT2D eigenvalue weighted by Gasteiger charge is -2.29. The van der Waals surface area contributed by atoms with E-state index >= 15 is 0 Å². The molecule has 1 N–H and O–H groups in total. The second-order valence-corrected chi connectivity index (χ2v) is 9.10. The maximum absolute atomic E-state index is 14.2. The Morgan fingerprint density at radius 1 is 1.24 bits per heavy atom. The van der Waals surface area contributed by atoms with Crippen LogP contribution in [0.2, 0.25) is 0 Å². The summed E-state index contributed by atoms with van der Waals surface area (Å²) >= 11 is 0. The third-order valence-corrected chi connectivity index (χ3v) is 7.02. The third kappa shape index (κ3) is 3.42. The zero-order chi connectivity index (χ0) is 23.4. The molecule has 2 fully saturated rings. The van der Waals surface area contributed by atoms with E-state index in [4.69, 9.17) is 9.26 Å². The summed E-state index contributed by atoms with van der Waals surface area (Å²) in [5.74, 6) is 0.177. The zero-order valence-corrected chi connectivity index (χ0v) is 18.8. The van der Waals surface area contributed by atoms with E-state index in [-0.39, 0.29) is 17.5 Å². The molecule has 4 aromatic rings. The van der Waals surface area contributed by atoms with Crippen molar-refractivity contribution in [1.29, 1.82) is 0 Å². The highest BCUT2D eigenvalue weighted by Gasteiger charge is 2.50. The molecule has 6 rings (SSSR count). The van der Waals surface area contributed by atoms with Crippen molar-refractivity contribution in [2.45, 2.75) is 43.9 Å². The molecule has 1 saturated heterocycles. The van der Waals surface area contributed by atoms with Crippen molar-refractivity contribution < 1.29 is 18.8 Å². The van der Waals surface area contributed by atoms with E-state index in [0.717, 1.165) is 25.9 Å². The van der Waals surface area contributed by atoms with Gasteiger partial charge >= 0.3 is 0 Å². The van der Waals surface area contributed by atoms with Gasteiger partial charge in [-0.2, -0.15) is 4.98 Å². The summed E-state index contributed by atoms with van der Waals surface area (Å²) in [6.07, 6.45) is 4.27. The highest BCUT2D eigenvalue weighted by Crippen LogP contribution is 2.48. The van der Waals surface area contributed by atoms with Crippen molar-refractivity contribution in [3.8, 4) is 11.5 Å². The lowest BCUT2D eigenvalue weighted by Crippen LogP contribution is -2.39. The Balaban J connectivity index is 1.45. The van der Waals surface area contributed by atoms with Crippen LogP contribution in [0.1, 0.15) is 31.6 Å². The Bertz CT molecular complexity index is 1430. The highest BCUT2D eigenvalue weighted by molar-refractivity contribution is 5.83. The lowest BCUT2D eigenvalue weighted by molar-refractivity contribution is 0.0492. The lowest BCUT2D eigenvalue weighted by atomic mass is 10.1. The average molecular weight is 468 g/mol. The predicted octanol–water partition coefficient (Wildman–Crippen LogP) is 1.93. The Hall–Kier alpha value is -3.15. The van der Waals surface area contributed by atoms with E-state index in [1.54, 1.807) is 22.1 Å². The first-order chi connectivity index (χ1) is 16.5. The molecular weight excluding hydrogens is 443 g/mol. The fourth-order valence-corrected chi connectivity index (χ4v) is 4.78. The molecular formula is C23H25FN6O4. The Morgan fingerprint density at radius 2 is 2.03 bits per heavy atom. The summed E-state index contributed by atoms with van der Waals surface area (Å²) in [4.78, 5) is 24.8. The van der Waals surface area contributed by atoms with Gasteiger partial charge in [0, 0.05) is 33.3 Å². The molecule has 0 spiro atoms. The van der Waals surface area contributed by atoms with Gasteiger partial charge in [-0.25, -0.2) is 9.37 Å². The Kier molecular flexibility index (Phi) is 5.01. The number of piperidine rings is 1. The molecule has 11 heteroatoms. The summed E-state index contributed by atoms with van der Waals surface area (Å²) in [6.45, 7) is 2.51. The Morgan fingerprint density at radius 3 is 2.76 bits per heavy atom. The molecule has 1 aliphatic carbocycles. The maximum Gasteiger partial charge on any atom is 0.277 e. The number of aromatic nitrogens is 5. The van der Waals surface area contributed by atoms with Gasteiger partial charge in [0.05, 0.1) is 17.1 Å². The number of methoxy groups -OCH3 is 1. The van der Waals surface area contributed by atoms with Crippen LogP contribution in [0.5, 0.6) is 0 Å². The first-order valence-electron chi connectivity index (χ1n) is 11.5. The van der Waals surface area contributed by atoms with Crippen LogP contribution in [0.4, 0.5) is 4.39 Å². The maximum atomic E-state index is 14.2. The van der Waals surface area contributed by atoms with Crippen LogP contribution in [0.15, 0.2) is 33.8 Å². The first kappa shape index (κ1) is 21.4. The molecule has 0 amide bonds. The number of ether oxygens (including phenoxy) is 1. The smallest absolute Gasteiger partial charge is 0.277 e. The zero-order valence-electron chi connectivity index (χ0n) is 18.8. The van der Waals surface area contributed by atoms with Crippen LogP contribution in [0.3, 0.4) is 0 Å². The molecule has 1 aliphatic heterocycles. The SMILES string of the molecule is COC1(c2nc(-c3ncn4c3c(=O)n(CCN3CCC(O)CC3)c3cc(F)ccc34)no2)CC1. The fourth-order valence-electron chi connectivity index (χ4n) is 4.78. The number of aliphatic hydroxyl groups is 1. The van der Waals surface area contributed by atoms with Crippen LogP contribution in [0.25, 0.3) is 28.1 Å². The number of hydrogen-bond acceptors (Lipinski definition) is 8. The summed E-state index contributed by atoms with van der Waals surface area (Å²) in [7, 11) is 1.61.